The molecule has 0 aliphatic heterocycles. The summed E-state index contributed by atoms with van der Waals surface area (Å²) in [4.78, 5) is 12.6. The highest BCUT2D eigenvalue weighted by Gasteiger charge is 2.23. The van der Waals surface area contributed by atoms with Crippen LogP contribution in [0.3, 0.4) is 0 Å². The summed E-state index contributed by atoms with van der Waals surface area (Å²) in [6.07, 6.45) is 0. The predicted octanol–water partition coefficient (Wildman–Crippen LogP) is 4.05. The number of ether oxygens (including phenoxy) is 2. The Morgan fingerprint density at radius 3 is 2.28 bits per heavy atom. The smallest absolute Gasteiger partial charge is 0.229 e. The SMILES string of the molecule is COc1cc(NC(=O)C(C)C(N)c2ccccc2)c(OC)cc1Cl.Cl. The van der Waals surface area contributed by atoms with E-state index < -0.39 is 12.0 Å². The van der Waals surface area contributed by atoms with Gasteiger partial charge in [0.15, 0.2) is 0 Å². The molecule has 0 aliphatic carbocycles. The van der Waals surface area contributed by atoms with Crippen molar-refractivity contribution in [1.82, 2.24) is 0 Å². The molecule has 0 aliphatic rings. The molecule has 0 aromatic heterocycles. The lowest BCUT2D eigenvalue weighted by Gasteiger charge is -2.21. The van der Waals surface area contributed by atoms with E-state index in [-0.39, 0.29) is 18.3 Å². The zero-order chi connectivity index (χ0) is 17.7. The van der Waals surface area contributed by atoms with Crippen molar-refractivity contribution < 1.29 is 14.3 Å². The van der Waals surface area contributed by atoms with Crippen LogP contribution < -0.4 is 20.5 Å². The number of benzene rings is 2. The molecule has 0 fully saturated rings. The Kier molecular flexibility index (Phi) is 8.03. The predicted molar refractivity (Wildman–Crippen MR) is 103 cm³/mol. The number of methoxy groups -OCH3 is 2. The van der Waals surface area contributed by atoms with Gasteiger partial charge in [0.2, 0.25) is 5.91 Å². The Labute approximate surface area is 158 Å². The quantitative estimate of drug-likeness (QED) is 0.787. The summed E-state index contributed by atoms with van der Waals surface area (Å²) >= 11 is 6.07. The van der Waals surface area contributed by atoms with Gasteiger partial charge in [0.25, 0.3) is 0 Å². The molecular weight excluding hydrogens is 363 g/mol. The lowest BCUT2D eigenvalue weighted by atomic mass is 9.94. The molecule has 25 heavy (non-hydrogen) atoms. The Hall–Kier alpha value is -1.95. The number of hydrogen-bond acceptors (Lipinski definition) is 4. The number of rotatable bonds is 6. The van der Waals surface area contributed by atoms with Gasteiger partial charge in [-0.3, -0.25) is 4.79 Å². The zero-order valence-corrected chi connectivity index (χ0v) is 15.9. The first-order valence-corrected chi connectivity index (χ1v) is 7.88. The van der Waals surface area contributed by atoms with Crippen molar-refractivity contribution >= 4 is 35.6 Å². The van der Waals surface area contributed by atoms with Gasteiger partial charge in [-0.15, -0.1) is 12.4 Å². The average Bonchev–Trinajstić information content (AvgIpc) is 2.62. The minimum atomic E-state index is -0.432. The molecule has 2 unspecified atom stereocenters. The fourth-order valence-corrected chi connectivity index (χ4v) is 2.56. The summed E-state index contributed by atoms with van der Waals surface area (Å²) in [5.74, 6) is 0.259. The number of anilines is 1. The second kappa shape index (κ2) is 9.51. The van der Waals surface area contributed by atoms with Crippen molar-refractivity contribution in [3.8, 4) is 11.5 Å². The topological polar surface area (TPSA) is 73.6 Å². The number of halogens is 2. The largest absolute Gasteiger partial charge is 0.495 e. The first-order chi connectivity index (χ1) is 11.5. The molecule has 3 N–H and O–H groups in total. The van der Waals surface area contributed by atoms with Crippen LogP contribution >= 0.6 is 24.0 Å². The minimum absolute atomic E-state index is 0. The van der Waals surface area contributed by atoms with Gasteiger partial charge in [0.05, 0.1) is 30.8 Å². The molecule has 2 rings (SSSR count). The van der Waals surface area contributed by atoms with Crippen molar-refractivity contribution in [2.24, 2.45) is 11.7 Å². The van der Waals surface area contributed by atoms with E-state index in [9.17, 15) is 4.79 Å². The second-order valence-corrected chi connectivity index (χ2v) is 5.81. The molecule has 0 radical (unpaired) electrons. The van der Waals surface area contributed by atoms with Crippen LogP contribution in [0.1, 0.15) is 18.5 Å². The van der Waals surface area contributed by atoms with Crippen molar-refractivity contribution in [2.45, 2.75) is 13.0 Å². The van der Waals surface area contributed by atoms with Gasteiger partial charge in [-0.25, -0.2) is 0 Å². The lowest BCUT2D eigenvalue weighted by molar-refractivity contribution is -0.120. The first-order valence-electron chi connectivity index (χ1n) is 7.50. The van der Waals surface area contributed by atoms with E-state index >= 15 is 0 Å². The molecule has 136 valence electrons. The molecule has 2 aromatic rings. The van der Waals surface area contributed by atoms with Crippen LogP contribution in [0.5, 0.6) is 11.5 Å². The highest BCUT2D eigenvalue weighted by molar-refractivity contribution is 6.32. The molecular formula is C18H22Cl2N2O3. The summed E-state index contributed by atoms with van der Waals surface area (Å²) in [7, 11) is 3.01. The third-order valence-corrected chi connectivity index (χ3v) is 4.16. The number of carbonyl (C=O) groups is 1. The highest BCUT2D eigenvalue weighted by atomic mass is 35.5. The molecule has 0 saturated carbocycles. The minimum Gasteiger partial charge on any atom is -0.495 e. The third-order valence-electron chi connectivity index (χ3n) is 3.87. The second-order valence-electron chi connectivity index (χ2n) is 5.40. The normalized spacial score (nSPS) is 12.5. The van der Waals surface area contributed by atoms with Gasteiger partial charge in [-0.05, 0) is 5.56 Å². The van der Waals surface area contributed by atoms with Crippen LogP contribution in [0.25, 0.3) is 0 Å². The Morgan fingerprint density at radius 2 is 1.72 bits per heavy atom. The Balaban J connectivity index is 0.00000312. The number of nitrogens with two attached hydrogens (primary N) is 1. The van der Waals surface area contributed by atoms with Crippen LogP contribution in [-0.2, 0) is 4.79 Å². The first kappa shape index (κ1) is 21.1. The molecule has 7 heteroatoms. The highest BCUT2D eigenvalue weighted by Crippen LogP contribution is 2.36. The third kappa shape index (κ3) is 5.01. The van der Waals surface area contributed by atoms with Gasteiger partial charge in [0, 0.05) is 18.2 Å². The van der Waals surface area contributed by atoms with Crippen LogP contribution in [0.15, 0.2) is 42.5 Å². The van der Waals surface area contributed by atoms with Crippen molar-refractivity contribution in [1.29, 1.82) is 0 Å². The summed E-state index contributed by atoms with van der Waals surface area (Å²) in [6, 6.07) is 12.3. The van der Waals surface area contributed by atoms with Gasteiger partial charge in [-0.1, -0.05) is 48.9 Å². The lowest BCUT2D eigenvalue weighted by Crippen LogP contribution is -2.30. The maximum atomic E-state index is 12.6. The molecule has 1 amide bonds. The number of hydrogen-bond donors (Lipinski definition) is 2. The monoisotopic (exact) mass is 384 g/mol. The molecule has 0 heterocycles. The van der Waals surface area contributed by atoms with E-state index in [2.05, 4.69) is 5.32 Å². The standard InChI is InChI=1S/C18H21ClN2O3.ClH/c1-11(17(20)12-7-5-4-6-8-12)18(22)21-14-10-15(23-2)13(19)9-16(14)24-3;/h4-11,17H,20H2,1-3H3,(H,21,22);1H. The summed E-state index contributed by atoms with van der Waals surface area (Å²) in [5.41, 5.74) is 7.59. The molecule has 2 aromatic carbocycles. The summed E-state index contributed by atoms with van der Waals surface area (Å²) in [5, 5.41) is 3.24. The van der Waals surface area contributed by atoms with E-state index in [1.165, 1.54) is 14.2 Å². The van der Waals surface area contributed by atoms with Crippen molar-refractivity contribution in [2.75, 3.05) is 19.5 Å². The number of amides is 1. The van der Waals surface area contributed by atoms with E-state index in [0.29, 0.717) is 22.2 Å². The van der Waals surface area contributed by atoms with Crippen molar-refractivity contribution in [3.63, 3.8) is 0 Å². The van der Waals surface area contributed by atoms with Crippen LogP contribution in [0.4, 0.5) is 5.69 Å². The maximum Gasteiger partial charge on any atom is 0.229 e. The zero-order valence-electron chi connectivity index (χ0n) is 14.3. The molecule has 5 nitrogen and oxygen atoms in total. The molecule has 0 spiro atoms. The van der Waals surface area contributed by atoms with Crippen molar-refractivity contribution in [3.05, 3.63) is 53.1 Å². The van der Waals surface area contributed by atoms with Gasteiger partial charge in [-0.2, -0.15) is 0 Å². The van der Waals surface area contributed by atoms with Crippen LogP contribution in [0.2, 0.25) is 5.02 Å². The van der Waals surface area contributed by atoms with Gasteiger partial charge >= 0.3 is 0 Å². The summed E-state index contributed by atoms with van der Waals surface area (Å²) < 4.78 is 10.4. The van der Waals surface area contributed by atoms with E-state index in [0.717, 1.165) is 5.56 Å². The fourth-order valence-electron chi connectivity index (χ4n) is 2.33. The van der Waals surface area contributed by atoms with E-state index in [1.54, 1.807) is 19.1 Å². The van der Waals surface area contributed by atoms with Gasteiger partial charge in [0.1, 0.15) is 11.5 Å². The fraction of sp³-hybridized carbons (Fsp3) is 0.278. The van der Waals surface area contributed by atoms with Crippen LogP contribution in [0, 0.1) is 5.92 Å². The molecule has 2 atom stereocenters. The number of nitrogens with one attached hydrogen (secondary N) is 1. The Bertz CT molecular complexity index is 711. The van der Waals surface area contributed by atoms with Crippen LogP contribution in [-0.4, -0.2) is 20.1 Å². The van der Waals surface area contributed by atoms with E-state index in [4.69, 9.17) is 26.8 Å². The molecule has 0 bridgehead atoms. The average molecular weight is 385 g/mol. The Morgan fingerprint density at radius 1 is 1.12 bits per heavy atom. The molecule has 0 saturated heterocycles. The van der Waals surface area contributed by atoms with E-state index in [1.807, 2.05) is 30.3 Å². The van der Waals surface area contributed by atoms with Gasteiger partial charge < -0.3 is 20.5 Å². The summed E-state index contributed by atoms with van der Waals surface area (Å²) in [6.45, 7) is 1.78. The maximum absolute atomic E-state index is 12.6. The number of carbonyl (C=O) groups excluding carboxylic acids is 1.